The molecule has 1 aliphatic heterocycles. The van der Waals surface area contributed by atoms with Gasteiger partial charge in [0.25, 0.3) is 0 Å². The highest BCUT2D eigenvalue weighted by Gasteiger charge is 2.20. The van der Waals surface area contributed by atoms with E-state index in [2.05, 4.69) is 22.2 Å². The summed E-state index contributed by atoms with van der Waals surface area (Å²) in [6, 6.07) is 4.39. The van der Waals surface area contributed by atoms with Crippen LogP contribution in [0.3, 0.4) is 0 Å². The van der Waals surface area contributed by atoms with Crippen LogP contribution in [-0.4, -0.2) is 36.6 Å². The Morgan fingerprint density at radius 2 is 2.25 bits per heavy atom. The topological polar surface area (TPSA) is 28.2 Å². The molecule has 0 saturated carbocycles. The summed E-state index contributed by atoms with van der Waals surface area (Å²) in [5.74, 6) is 0. The number of hydrogen-bond acceptors (Lipinski definition) is 3. The Balaban J connectivity index is 0.00000112. The number of likely N-dealkylation sites (N-methyl/N-ethyl adjacent to an activating group) is 1. The minimum absolute atomic E-state index is 0. The minimum atomic E-state index is 0. The number of piperazine rings is 1. The zero-order valence-electron chi connectivity index (χ0n) is 9.02. The average molecular weight is 285 g/mol. The van der Waals surface area contributed by atoms with E-state index in [1.165, 1.54) is 5.56 Å². The van der Waals surface area contributed by atoms with Crippen LogP contribution < -0.4 is 5.32 Å². The van der Waals surface area contributed by atoms with Crippen LogP contribution in [0.5, 0.6) is 0 Å². The molecule has 0 bridgehead atoms. The summed E-state index contributed by atoms with van der Waals surface area (Å²) < 4.78 is 0. The first-order chi connectivity index (χ1) is 6.77. The zero-order chi connectivity index (χ0) is 9.97. The van der Waals surface area contributed by atoms with E-state index in [1.54, 1.807) is 6.20 Å². The van der Waals surface area contributed by atoms with Gasteiger partial charge in [-0.2, -0.15) is 0 Å². The van der Waals surface area contributed by atoms with Crippen LogP contribution in [0.2, 0.25) is 5.15 Å². The van der Waals surface area contributed by atoms with Crippen LogP contribution >= 0.6 is 36.4 Å². The van der Waals surface area contributed by atoms with Crippen LogP contribution in [0, 0.1) is 0 Å². The lowest BCUT2D eigenvalue weighted by Crippen LogP contribution is -2.43. The molecule has 1 fully saturated rings. The number of hydrogen-bond donors (Lipinski definition) is 1. The molecule has 0 spiro atoms. The molecule has 1 atom stereocenters. The molecule has 16 heavy (non-hydrogen) atoms. The largest absolute Gasteiger partial charge is 0.314 e. The first kappa shape index (κ1) is 15.9. The van der Waals surface area contributed by atoms with Crippen LogP contribution in [0.15, 0.2) is 18.3 Å². The van der Waals surface area contributed by atoms with Gasteiger partial charge in [0.2, 0.25) is 0 Å². The van der Waals surface area contributed by atoms with Crippen molar-refractivity contribution in [3.05, 3.63) is 29.0 Å². The lowest BCUT2D eigenvalue weighted by molar-refractivity contribution is 0.202. The molecule has 0 radical (unpaired) electrons. The maximum atomic E-state index is 5.86. The van der Waals surface area contributed by atoms with Gasteiger partial charge in [-0.1, -0.05) is 11.6 Å². The number of nitrogens with one attached hydrogen (secondary N) is 1. The van der Waals surface area contributed by atoms with Gasteiger partial charge in [-0.15, -0.1) is 24.8 Å². The summed E-state index contributed by atoms with van der Waals surface area (Å²) in [4.78, 5) is 6.32. The van der Waals surface area contributed by atoms with Crippen molar-refractivity contribution >= 4 is 36.4 Å². The average Bonchev–Trinajstić information content (AvgIpc) is 2.18. The SMILES string of the molecule is CN1CCNCC1c1ccnc(Cl)c1.Cl.Cl. The molecule has 1 aliphatic rings. The van der Waals surface area contributed by atoms with Gasteiger partial charge in [0.15, 0.2) is 0 Å². The monoisotopic (exact) mass is 283 g/mol. The summed E-state index contributed by atoms with van der Waals surface area (Å²) in [5.41, 5.74) is 1.24. The van der Waals surface area contributed by atoms with E-state index in [-0.39, 0.29) is 24.8 Å². The summed E-state index contributed by atoms with van der Waals surface area (Å²) >= 11 is 5.86. The van der Waals surface area contributed by atoms with Crippen molar-refractivity contribution in [2.24, 2.45) is 0 Å². The molecular weight excluding hydrogens is 268 g/mol. The van der Waals surface area contributed by atoms with E-state index in [9.17, 15) is 0 Å². The third-order valence-corrected chi connectivity index (χ3v) is 2.85. The van der Waals surface area contributed by atoms with Gasteiger partial charge in [-0.3, -0.25) is 4.90 Å². The predicted molar refractivity (Wildman–Crippen MR) is 72.0 cm³/mol. The second kappa shape index (κ2) is 7.30. The Morgan fingerprint density at radius 3 is 2.88 bits per heavy atom. The Kier molecular flexibility index (Phi) is 7.27. The summed E-state index contributed by atoms with van der Waals surface area (Å²) in [6.07, 6.45) is 1.76. The van der Waals surface area contributed by atoms with Crippen LogP contribution in [-0.2, 0) is 0 Å². The molecule has 1 saturated heterocycles. The number of aromatic nitrogens is 1. The van der Waals surface area contributed by atoms with Gasteiger partial charge < -0.3 is 5.32 Å². The van der Waals surface area contributed by atoms with Gasteiger partial charge in [-0.05, 0) is 24.7 Å². The lowest BCUT2D eigenvalue weighted by atomic mass is 10.1. The van der Waals surface area contributed by atoms with E-state index >= 15 is 0 Å². The molecule has 1 aromatic heterocycles. The minimum Gasteiger partial charge on any atom is -0.314 e. The second-order valence-electron chi connectivity index (χ2n) is 3.61. The fourth-order valence-corrected chi connectivity index (χ4v) is 1.99. The van der Waals surface area contributed by atoms with Crippen molar-refractivity contribution < 1.29 is 0 Å². The highest BCUT2D eigenvalue weighted by molar-refractivity contribution is 6.29. The second-order valence-corrected chi connectivity index (χ2v) is 4.00. The van der Waals surface area contributed by atoms with E-state index < -0.39 is 0 Å². The van der Waals surface area contributed by atoms with Gasteiger partial charge in [-0.25, -0.2) is 4.98 Å². The number of rotatable bonds is 1. The standard InChI is InChI=1S/C10H14ClN3.2ClH/c1-14-5-4-12-7-9(14)8-2-3-13-10(11)6-8;;/h2-3,6,9,12H,4-5,7H2,1H3;2*1H. The van der Waals surface area contributed by atoms with Gasteiger partial charge >= 0.3 is 0 Å². The molecule has 1 aromatic rings. The maximum Gasteiger partial charge on any atom is 0.129 e. The quantitative estimate of drug-likeness (QED) is 0.801. The van der Waals surface area contributed by atoms with Gasteiger partial charge in [0, 0.05) is 31.9 Å². The summed E-state index contributed by atoms with van der Waals surface area (Å²) in [6.45, 7) is 3.12. The Bertz CT molecular complexity index is 322. The summed E-state index contributed by atoms with van der Waals surface area (Å²) in [7, 11) is 2.14. The van der Waals surface area contributed by atoms with Crippen LogP contribution in [0.25, 0.3) is 0 Å². The third-order valence-electron chi connectivity index (χ3n) is 2.65. The molecule has 3 nitrogen and oxygen atoms in total. The zero-order valence-corrected chi connectivity index (χ0v) is 11.4. The predicted octanol–water partition coefficient (Wildman–Crippen LogP) is 2.15. The molecule has 1 unspecified atom stereocenters. The van der Waals surface area contributed by atoms with Crippen LogP contribution in [0.1, 0.15) is 11.6 Å². The highest BCUT2D eigenvalue weighted by atomic mass is 35.5. The van der Waals surface area contributed by atoms with Crippen LogP contribution in [0.4, 0.5) is 0 Å². The normalized spacial score (nSPS) is 20.8. The fraction of sp³-hybridized carbons (Fsp3) is 0.500. The van der Waals surface area contributed by atoms with Crippen molar-refractivity contribution in [2.45, 2.75) is 6.04 Å². The van der Waals surface area contributed by atoms with E-state index in [0.717, 1.165) is 19.6 Å². The number of halogens is 3. The Labute approximate surface area is 113 Å². The van der Waals surface area contributed by atoms with Crippen molar-refractivity contribution in [1.29, 1.82) is 0 Å². The molecule has 0 aliphatic carbocycles. The lowest BCUT2D eigenvalue weighted by Gasteiger charge is -2.33. The number of pyridine rings is 1. The maximum absolute atomic E-state index is 5.86. The van der Waals surface area contributed by atoms with Crippen molar-refractivity contribution in [1.82, 2.24) is 15.2 Å². The molecule has 1 N–H and O–H groups in total. The van der Waals surface area contributed by atoms with E-state index in [4.69, 9.17) is 11.6 Å². The van der Waals surface area contributed by atoms with Crippen molar-refractivity contribution in [2.75, 3.05) is 26.7 Å². The molecule has 6 heteroatoms. The first-order valence-corrected chi connectivity index (χ1v) is 5.17. The highest BCUT2D eigenvalue weighted by Crippen LogP contribution is 2.21. The van der Waals surface area contributed by atoms with Gasteiger partial charge in [0.05, 0.1) is 0 Å². The Morgan fingerprint density at radius 1 is 1.50 bits per heavy atom. The molecule has 0 aromatic carbocycles. The van der Waals surface area contributed by atoms with E-state index in [1.807, 2.05) is 12.1 Å². The number of nitrogens with zero attached hydrogens (tertiary/aromatic N) is 2. The fourth-order valence-electron chi connectivity index (χ4n) is 1.80. The summed E-state index contributed by atoms with van der Waals surface area (Å²) in [5, 5.41) is 3.95. The smallest absolute Gasteiger partial charge is 0.129 e. The van der Waals surface area contributed by atoms with E-state index in [0.29, 0.717) is 11.2 Å². The molecule has 2 rings (SSSR count). The molecular formula is C10H16Cl3N3. The Hall–Kier alpha value is -0.0600. The first-order valence-electron chi connectivity index (χ1n) is 4.80. The van der Waals surface area contributed by atoms with Gasteiger partial charge in [0.1, 0.15) is 5.15 Å². The molecule has 0 amide bonds. The molecule has 92 valence electrons. The van der Waals surface area contributed by atoms with Crippen molar-refractivity contribution in [3.8, 4) is 0 Å². The van der Waals surface area contributed by atoms with Crippen molar-refractivity contribution in [3.63, 3.8) is 0 Å². The molecule has 2 heterocycles. The third kappa shape index (κ3) is 3.75.